The monoisotopic (exact) mass is 274 g/mol. The zero-order chi connectivity index (χ0) is 14.7. The summed E-state index contributed by atoms with van der Waals surface area (Å²) in [4.78, 5) is 11.1. The maximum absolute atomic E-state index is 11.1. The molecule has 0 fully saturated rings. The lowest BCUT2D eigenvalue weighted by Crippen LogP contribution is -2.09. The summed E-state index contributed by atoms with van der Waals surface area (Å²) in [6.45, 7) is 5.02. The second-order valence-corrected chi connectivity index (χ2v) is 4.75. The molecule has 0 unspecified atom stereocenters. The molecular weight excluding hydrogens is 256 g/mol. The van der Waals surface area contributed by atoms with Gasteiger partial charge in [0, 0.05) is 12.7 Å². The van der Waals surface area contributed by atoms with Gasteiger partial charge in [0.2, 0.25) is 0 Å². The van der Waals surface area contributed by atoms with Crippen LogP contribution in [0.1, 0.15) is 21.6 Å². The van der Waals surface area contributed by atoms with Crippen molar-refractivity contribution in [2.75, 3.05) is 13.7 Å². The molecule has 1 aromatic heterocycles. The molecule has 0 bridgehead atoms. The third-order valence-electron chi connectivity index (χ3n) is 3.18. The summed E-state index contributed by atoms with van der Waals surface area (Å²) < 4.78 is 6.74. The third kappa shape index (κ3) is 2.88. The summed E-state index contributed by atoms with van der Waals surface area (Å²) in [7, 11) is 1.61. The van der Waals surface area contributed by atoms with E-state index < -0.39 is 5.97 Å². The van der Waals surface area contributed by atoms with E-state index in [1.54, 1.807) is 17.9 Å². The number of hydrogen-bond donors (Lipinski definition) is 1. The van der Waals surface area contributed by atoms with Crippen molar-refractivity contribution < 1.29 is 14.6 Å². The number of aromatic carboxylic acids is 1. The molecule has 0 aliphatic heterocycles. The predicted octanol–water partition coefficient (Wildman–Crippen LogP) is 2.51. The average molecular weight is 274 g/mol. The Morgan fingerprint density at radius 3 is 2.75 bits per heavy atom. The molecule has 1 aromatic carbocycles. The van der Waals surface area contributed by atoms with Gasteiger partial charge in [0.1, 0.15) is 0 Å². The highest BCUT2D eigenvalue weighted by molar-refractivity contribution is 5.87. The molecule has 5 nitrogen and oxygen atoms in total. The summed E-state index contributed by atoms with van der Waals surface area (Å²) in [5.41, 5.74) is 4.08. The van der Waals surface area contributed by atoms with E-state index in [0.717, 1.165) is 22.4 Å². The Hall–Kier alpha value is -2.14. The minimum Gasteiger partial charge on any atom is -0.476 e. The topological polar surface area (TPSA) is 64.4 Å². The molecule has 1 N–H and O–H groups in total. The van der Waals surface area contributed by atoms with Crippen LogP contribution in [0.15, 0.2) is 24.3 Å². The van der Waals surface area contributed by atoms with Crippen molar-refractivity contribution in [3.8, 4) is 11.3 Å². The highest BCUT2D eigenvalue weighted by Crippen LogP contribution is 2.25. The van der Waals surface area contributed by atoms with Gasteiger partial charge in [-0.1, -0.05) is 17.7 Å². The van der Waals surface area contributed by atoms with Crippen molar-refractivity contribution in [2.45, 2.75) is 20.4 Å². The second-order valence-electron chi connectivity index (χ2n) is 4.75. The minimum atomic E-state index is -1.02. The van der Waals surface area contributed by atoms with E-state index in [9.17, 15) is 4.79 Å². The summed E-state index contributed by atoms with van der Waals surface area (Å²) >= 11 is 0. The lowest BCUT2D eigenvalue weighted by Gasteiger charge is -2.10. The van der Waals surface area contributed by atoms with Gasteiger partial charge in [-0.2, -0.15) is 5.10 Å². The molecule has 0 aliphatic rings. The highest BCUT2D eigenvalue weighted by atomic mass is 16.5. The van der Waals surface area contributed by atoms with Gasteiger partial charge in [0.25, 0.3) is 0 Å². The molecule has 0 saturated carbocycles. The molecule has 106 valence electrons. The zero-order valence-corrected chi connectivity index (χ0v) is 11.9. The number of carboxylic acid groups (broad SMARTS) is 1. The van der Waals surface area contributed by atoms with Gasteiger partial charge >= 0.3 is 5.97 Å². The van der Waals surface area contributed by atoms with Crippen LogP contribution in [0.4, 0.5) is 0 Å². The first-order valence-corrected chi connectivity index (χ1v) is 6.40. The van der Waals surface area contributed by atoms with Crippen LogP contribution in [-0.2, 0) is 11.3 Å². The lowest BCUT2D eigenvalue weighted by molar-refractivity contribution is 0.0689. The average Bonchev–Trinajstić information content (AvgIpc) is 2.83. The fraction of sp³-hybridized carbons (Fsp3) is 0.333. The van der Waals surface area contributed by atoms with E-state index in [1.807, 2.05) is 32.0 Å². The zero-order valence-electron chi connectivity index (χ0n) is 11.9. The molecule has 20 heavy (non-hydrogen) atoms. The number of aryl methyl sites for hydroxylation is 2. The van der Waals surface area contributed by atoms with Crippen molar-refractivity contribution in [2.24, 2.45) is 0 Å². The van der Waals surface area contributed by atoms with Crippen LogP contribution >= 0.6 is 0 Å². The van der Waals surface area contributed by atoms with Gasteiger partial charge in [-0.25, -0.2) is 4.79 Å². The summed E-state index contributed by atoms with van der Waals surface area (Å²) in [6, 6.07) is 7.71. The van der Waals surface area contributed by atoms with Crippen molar-refractivity contribution in [1.29, 1.82) is 0 Å². The molecule has 0 aliphatic carbocycles. The minimum absolute atomic E-state index is 0.0528. The highest BCUT2D eigenvalue weighted by Gasteiger charge is 2.15. The first kappa shape index (κ1) is 14.3. The van der Waals surface area contributed by atoms with E-state index in [1.165, 1.54) is 0 Å². The Balaban J connectivity index is 2.52. The molecule has 2 aromatic rings. The summed E-state index contributed by atoms with van der Waals surface area (Å²) in [5, 5.41) is 13.2. The number of aromatic nitrogens is 2. The van der Waals surface area contributed by atoms with Crippen LogP contribution in [-0.4, -0.2) is 34.6 Å². The van der Waals surface area contributed by atoms with Crippen LogP contribution in [0, 0.1) is 13.8 Å². The normalized spacial score (nSPS) is 10.8. The van der Waals surface area contributed by atoms with Crippen LogP contribution in [0.5, 0.6) is 0 Å². The molecule has 0 spiro atoms. The van der Waals surface area contributed by atoms with Crippen molar-refractivity contribution in [3.05, 3.63) is 41.1 Å². The first-order chi connectivity index (χ1) is 9.52. The fourth-order valence-electron chi connectivity index (χ4n) is 2.10. The second kappa shape index (κ2) is 5.88. The first-order valence-electron chi connectivity index (χ1n) is 6.40. The standard InChI is InChI=1S/C15H18N2O3/c1-10-4-5-11(2)12(8-10)14-9-13(15(18)19)16-17(14)6-7-20-3/h4-5,8-9H,6-7H2,1-3H3,(H,18,19). The van der Waals surface area contributed by atoms with Gasteiger partial charge < -0.3 is 9.84 Å². The number of carbonyl (C=O) groups is 1. The van der Waals surface area contributed by atoms with E-state index in [-0.39, 0.29) is 5.69 Å². The van der Waals surface area contributed by atoms with Gasteiger partial charge in [0.15, 0.2) is 5.69 Å². The van der Waals surface area contributed by atoms with Gasteiger partial charge in [-0.05, 0) is 31.5 Å². The number of hydrogen-bond acceptors (Lipinski definition) is 3. The van der Waals surface area contributed by atoms with Crippen molar-refractivity contribution in [1.82, 2.24) is 9.78 Å². The van der Waals surface area contributed by atoms with Crippen molar-refractivity contribution >= 4 is 5.97 Å². The SMILES string of the molecule is COCCn1nc(C(=O)O)cc1-c1cc(C)ccc1C. The number of benzene rings is 1. The number of methoxy groups -OCH3 is 1. The predicted molar refractivity (Wildman–Crippen MR) is 76.0 cm³/mol. The van der Waals surface area contributed by atoms with Crippen LogP contribution in [0.3, 0.4) is 0 Å². The largest absolute Gasteiger partial charge is 0.476 e. The van der Waals surface area contributed by atoms with Crippen LogP contribution in [0.25, 0.3) is 11.3 Å². The molecule has 0 radical (unpaired) electrons. The maximum Gasteiger partial charge on any atom is 0.356 e. The molecule has 1 heterocycles. The Kier molecular flexibility index (Phi) is 4.20. The van der Waals surface area contributed by atoms with E-state index in [2.05, 4.69) is 5.10 Å². The van der Waals surface area contributed by atoms with E-state index in [0.29, 0.717) is 13.2 Å². The molecule has 2 rings (SSSR count). The molecule has 0 saturated heterocycles. The van der Waals surface area contributed by atoms with Gasteiger partial charge in [0.05, 0.1) is 18.8 Å². The van der Waals surface area contributed by atoms with Gasteiger partial charge in [-0.3, -0.25) is 4.68 Å². The summed E-state index contributed by atoms with van der Waals surface area (Å²) in [6.07, 6.45) is 0. The van der Waals surface area contributed by atoms with Gasteiger partial charge in [-0.15, -0.1) is 0 Å². The number of ether oxygens (including phenoxy) is 1. The molecule has 0 amide bonds. The molecular formula is C15H18N2O3. The van der Waals surface area contributed by atoms with E-state index in [4.69, 9.17) is 9.84 Å². The Morgan fingerprint density at radius 2 is 2.10 bits per heavy atom. The number of nitrogens with zero attached hydrogens (tertiary/aromatic N) is 2. The maximum atomic E-state index is 11.1. The van der Waals surface area contributed by atoms with E-state index >= 15 is 0 Å². The quantitative estimate of drug-likeness (QED) is 0.910. The summed E-state index contributed by atoms with van der Waals surface area (Å²) in [5.74, 6) is -1.02. The number of rotatable bonds is 5. The Morgan fingerprint density at radius 1 is 1.35 bits per heavy atom. The molecule has 5 heteroatoms. The van der Waals surface area contributed by atoms with Crippen molar-refractivity contribution in [3.63, 3.8) is 0 Å². The smallest absolute Gasteiger partial charge is 0.356 e. The lowest BCUT2D eigenvalue weighted by atomic mass is 10.0. The molecule has 0 atom stereocenters. The Labute approximate surface area is 117 Å². The number of carboxylic acids is 1. The van der Waals surface area contributed by atoms with Crippen LogP contribution < -0.4 is 0 Å². The Bertz CT molecular complexity index is 632. The fourth-order valence-corrected chi connectivity index (χ4v) is 2.10. The third-order valence-corrected chi connectivity index (χ3v) is 3.18. The van der Waals surface area contributed by atoms with Crippen LogP contribution in [0.2, 0.25) is 0 Å².